The number of nitrogens with one attached hydrogen (secondary N) is 1. The Balaban J connectivity index is 1.82. The number of carbonyl (C=O) groups excluding carboxylic acids is 2. The number of hydrogen-bond donors (Lipinski definition) is 1. The average molecular weight is 394 g/mol. The van der Waals surface area contributed by atoms with Gasteiger partial charge in [-0.25, -0.2) is 4.79 Å². The summed E-state index contributed by atoms with van der Waals surface area (Å²) in [5.74, 6) is 0.110. The Hall–Kier alpha value is -1.82. The second kappa shape index (κ2) is 6.97. The number of fused-ring (bicyclic) bond motifs is 1. The lowest BCUT2D eigenvalue weighted by molar-refractivity contribution is -0.152. The second-order valence-electron chi connectivity index (χ2n) is 6.23. The van der Waals surface area contributed by atoms with Gasteiger partial charge in [-0.15, -0.1) is 0 Å². The average Bonchev–Trinajstić information content (AvgIpc) is 2.61. The first-order valence-electron chi connectivity index (χ1n) is 8.08. The summed E-state index contributed by atoms with van der Waals surface area (Å²) in [5, 5.41) is 2.92. The van der Waals surface area contributed by atoms with Gasteiger partial charge in [-0.05, 0) is 37.1 Å². The Kier molecular flexibility index (Phi) is 4.94. The summed E-state index contributed by atoms with van der Waals surface area (Å²) in [7, 11) is 1.36. The van der Waals surface area contributed by atoms with Gasteiger partial charge in [0.25, 0.3) is 5.91 Å². The van der Waals surface area contributed by atoms with Gasteiger partial charge < -0.3 is 14.8 Å². The van der Waals surface area contributed by atoms with Crippen LogP contribution in [0.15, 0.2) is 28.2 Å². The number of benzene rings is 1. The molecule has 1 saturated carbocycles. The predicted octanol–water partition coefficient (Wildman–Crippen LogP) is 3.22. The summed E-state index contributed by atoms with van der Waals surface area (Å²) in [5.41, 5.74) is 0.439. The molecule has 6 heteroatoms. The SMILES string of the molecule is COC(=O)C1(NC(=O)C2=Cc3cc(Br)ccc3OC2)CCCCC1. The number of hydrogen-bond acceptors (Lipinski definition) is 4. The van der Waals surface area contributed by atoms with Gasteiger partial charge in [-0.3, -0.25) is 4.79 Å². The van der Waals surface area contributed by atoms with E-state index in [-0.39, 0.29) is 18.5 Å². The molecule has 1 amide bonds. The molecule has 1 N–H and O–H groups in total. The van der Waals surface area contributed by atoms with Crippen molar-refractivity contribution in [2.45, 2.75) is 37.6 Å². The van der Waals surface area contributed by atoms with E-state index in [0.717, 1.165) is 35.0 Å². The molecule has 0 aromatic heterocycles. The molecule has 5 nitrogen and oxygen atoms in total. The minimum Gasteiger partial charge on any atom is -0.488 e. The van der Waals surface area contributed by atoms with Gasteiger partial charge in [0.2, 0.25) is 0 Å². The molecule has 128 valence electrons. The highest BCUT2D eigenvalue weighted by Crippen LogP contribution is 2.32. The van der Waals surface area contributed by atoms with E-state index in [9.17, 15) is 9.59 Å². The zero-order valence-corrected chi connectivity index (χ0v) is 15.1. The second-order valence-corrected chi connectivity index (χ2v) is 7.14. The van der Waals surface area contributed by atoms with Crippen molar-refractivity contribution in [3.8, 4) is 5.75 Å². The standard InChI is InChI=1S/C18H20BrNO4/c1-23-17(22)18(7-3-2-4-8-18)20-16(21)13-9-12-10-14(19)5-6-15(12)24-11-13/h5-6,9-10H,2-4,7-8,11H2,1H3,(H,20,21). The van der Waals surface area contributed by atoms with Crippen molar-refractivity contribution in [3.05, 3.63) is 33.8 Å². The number of esters is 1. The third kappa shape index (κ3) is 3.34. The topological polar surface area (TPSA) is 64.6 Å². The monoisotopic (exact) mass is 393 g/mol. The van der Waals surface area contributed by atoms with E-state index in [1.54, 1.807) is 0 Å². The molecule has 1 heterocycles. The summed E-state index contributed by atoms with van der Waals surface area (Å²) in [4.78, 5) is 25.0. The molecule has 0 atom stereocenters. The molecule has 0 spiro atoms. The van der Waals surface area contributed by atoms with Crippen LogP contribution in [0.1, 0.15) is 37.7 Å². The van der Waals surface area contributed by atoms with Crippen LogP contribution in [0.25, 0.3) is 6.08 Å². The van der Waals surface area contributed by atoms with E-state index in [2.05, 4.69) is 21.2 Å². The van der Waals surface area contributed by atoms with Gasteiger partial charge in [0, 0.05) is 10.0 Å². The normalized spacial score (nSPS) is 18.7. The highest BCUT2D eigenvalue weighted by molar-refractivity contribution is 9.10. The fourth-order valence-electron chi connectivity index (χ4n) is 3.31. The largest absolute Gasteiger partial charge is 0.488 e. The Morgan fingerprint density at radius 3 is 2.71 bits per heavy atom. The Morgan fingerprint density at radius 1 is 1.25 bits per heavy atom. The maximum atomic E-state index is 12.7. The van der Waals surface area contributed by atoms with E-state index in [1.807, 2.05) is 24.3 Å². The molecule has 0 bridgehead atoms. The van der Waals surface area contributed by atoms with E-state index in [4.69, 9.17) is 9.47 Å². The number of methoxy groups -OCH3 is 1. The number of carbonyl (C=O) groups is 2. The van der Waals surface area contributed by atoms with Gasteiger partial charge >= 0.3 is 5.97 Å². The molecule has 2 aliphatic rings. The van der Waals surface area contributed by atoms with Crippen LogP contribution >= 0.6 is 15.9 Å². The van der Waals surface area contributed by atoms with Crippen LogP contribution in [0.5, 0.6) is 5.75 Å². The molecule has 0 unspecified atom stereocenters. The third-order valence-electron chi connectivity index (χ3n) is 4.61. The summed E-state index contributed by atoms with van der Waals surface area (Å²) >= 11 is 3.42. The summed E-state index contributed by atoms with van der Waals surface area (Å²) in [6.07, 6.45) is 5.92. The third-order valence-corrected chi connectivity index (χ3v) is 5.11. The molecule has 24 heavy (non-hydrogen) atoms. The predicted molar refractivity (Wildman–Crippen MR) is 93.6 cm³/mol. The summed E-state index contributed by atoms with van der Waals surface area (Å²) < 4.78 is 11.5. The van der Waals surface area contributed by atoms with Crippen molar-refractivity contribution in [2.24, 2.45) is 0 Å². The minimum atomic E-state index is -0.914. The molecule has 1 aromatic rings. The van der Waals surface area contributed by atoms with Crippen LogP contribution in [-0.4, -0.2) is 31.1 Å². The molecule has 1 aliphatic heterocycles. The first-order chi connectivity index (χ1) is 11.5. The number of rotatable bonds is 3. The van der Waals surface area contributed by atoms with Gasteiger partial charge in [-0.2, -0.15) is 0 Å². The minimum absolute atomic E-state index is 0.192. The molecular weight excluding hydrogens is 374 g/mol. The van der Waals surface area contributed by atoms with Crippen LogP contribution in [0.4, 0.5) is 0 Å². The van der Waals surface area contributed by atoms with Gasteiger partial charge in [0.15, 0.2) is 0 Å². The molecule has 1 aromatic carbocycles. The zero-order valence-electron chi connectivity index (χ0n) is 13.6. The van der Waals surface area contributed by atoms with Crippen LogP contribution in [0, 0.1) is 0 Å². The first kappa shape index (κ1) is 17.0. The Labute approximate surface area is 149 Å². The van der Waals surface area contributed by atoms with Crippen LogP contribution in [0.3, 0.4) is 0 Å². The quantitative estimate of drug-likeness (QED) is 0.800. The molecule has 1 aliphatic carbocycles. The van der Waals surface area contributed by atoms with Gasteiger partial charge in [-0.1, -0.05) is 35.2 Å². The fourth-order valence-corrected chi connectivity index (χ4v) is 3.69. The Morgan fingerprint density at radius 2 is 2.00 bits per heavy atom. The lowest BCUT2D eigenvalue weighted by Gasteiger charge is -2.35. The zero-order chi connectivity index (χ0) is 17.2. The summed E-state index contributed by atoms with van der Waals surface area (Å²) in [6.45, 7) is 0.192. The molecule has 3 rings (SSSR count). The van der Waals surface area contributed by atoms with Crippen LogP contribution < -0.4 is 10.1 Å². The maximum absolute atomic E-state index is 12.7. The van der Waals surface area contributed by atoms with Crippen molar-refractivity contribution in [1.29, 1.82) is 0 Å². The van der Waals surface area contributed by atoms with Crippen molar-refractivity contribution < 1.29 is 19.1 Å². The fraction of sp³-hybridized carbons (Fsp3) is 0.444. The van der Waals surface area contributed by atoms with E-state index >= 15 is 0 Å². The van der Waals surface area contributed by atoms with Gasteiger partial charge in [0.1, 0.15) is 17.9 Å². The van der Waals surface area contributed by atoms with Crippen molar-refractivity contribution in [1.82, 2.24) is 5.32 Å². The summed E-state index contributed by atoms with van der Waals surface area (Å²) in [6, 6.07) is 5.66. The van der Waals surface area contributed by atoms with Gasteiger partial charge in [0.05, 0.1) is 12.7 Å². The van der Waals surface area contributed by atoms with E-state index in [1.165, 1.54) is 7.11 Å². The first-order valence-corrected chi connectivity index (χ1v) is 8.87. The highest BCUT2D eigenvalue weighted by atomic mass is 79.9. The van der Waals surface area contributed by atoms with E-state index in [0.29, 0.717) is 18.4 Å². The van der Waals surface area contributed by atoms with E-state index < -0.39 is 5.54 Å². The van der Waals surface area contributed by atoms with Crippen molar-refractivity contribution in [3.63, 3.8) is 0 Å². The van der Waals surface area contributed by atoms with Crippen molar-refractivity contribution >= 4 is 33.9 Å². The number of ether oxygens (including phenoxy) is 2. The maximum Gasteiger partial charge on any atom is 0.331 e. The number of halogens is 1. The number of amides is 1. The molecular formula is C18H20BrNO4. The smallest absolute Gasteiger partial charge is 0.331 e. The molecule has 0 radical (unpaired) electrons. The lowest BCUT2D eigenvalue weighted by atomic mass is 9.81. The van der Waals surface area contributed by atoms with Crippen LogP contribution in [-0.2, 0) is 14.3 Å². The highest BCUT2D eigenvalue weighted by Gasteiger charge is 2.42. The van der Waals surface area contributed by atoms with Crippen LogP contribution in [0.2, 0.25) is 0 Å². The molecule has 0 saturated heterocycles. The molecule has 1 fully saturated rings. The van der Waals surface area contributed by atoms with Crippen molar-refractivity contribution in [2.75, 3.05) is 13.7 Å². The lowest BCUT2D eigenvalue weighted by Crippen LogP contribution is -2.56. The Bertz CT molecular complexity index is 692.